The van der Waals surface area contributed by atoms with Crippen LogP contribution in [0, 0.1) is 0 Å². The second-order valence-corrected chi connectivity index (χ2v) is 4.42. The van der Waals surface area contributed by atoms with Gasteiger partial charge in [0.25, 0.3) is 0 Å². The maximum absolute atomic E-state index is 5.76. The van der Waals surface area contributed by atoms with E-state index < -0.39 is 0 Å². The minimum absolute atomic E-state index is 0.250. The van der Waals surface area contributed by atoms with Gasteiger partial charge in [-0.15, -0.1) is 11.6 Å². The fourth-order valence-corrected chi connectivity index (χ4v) is 1.91. The Morgan fingerprint density at radius 2 is 2.11 bits per heavy atom. The molecule has 5 heteroatoms. The summed E-state index contributed by atoms with van der Waals surface area (Å²) in [5, 5.41) is 0. The summed E-state index contributed by atoms with van der Waals surface area (Å²) in [6.45, 7) is 4.21. The Kier molecular flexibility index (Phi) is 7.01. The molecule has 1 atom stereocenters. The molecule has 1 heterocycles. The second-order valence-electron chi connectivity index (χ2n) is 4.15. The van der Waals surface area contributed by atoms with Crippen LogP contribution < -0.4 is 4.90 Å². The van der Waals surface area contributed by atoms with Crippen LogP contribution in [0.15, 0.2) is 18.3 Å². The maximum atomic E-state index is 5.76. The van der Waals surface area contributed by atoms with Crippen molar-refractivity contribution in [1.82, 2.24) is 4.98 Å². The molecule has 0 aliphatic heterocycles. The predicted molar refractivity (Wildman–Crippen MR) is 74.4 cm³/mol. The molecule has 0 saturated carbocycles. The van der Waals surface area contributed by atoms with E-state index in [0.29, 0.717) is 19.1 Å². The third-order valence-electron chi connectivity index (χ3n) is 2.73. The number of hydrogen-bond donors (Lipinski definition) is 0. The zero-order chi connectivity index (χ0) is 13.4. The quantitative estimate of drug-likeness (QED) is 0.680. The van der Waals surface area contributed by atoms with E-state index in [1.54, 1.807) is 14.2 Å². The molecule has 0 amide bonds. The van der Waals surface area contributed by atoms with E-state index in [0.717, 1.165) is 17.9 Å². The molecule has 1 unspecified atom stereocenters. The Labute approximate surface area is 114 Å². The molecule has 0 saturated heterocycles. The molecule has 102 valence electrons. The van der Waals surface area contributed by atoms with E-state index in [9.17, 15) is 0 Å². The van der Waals surface area contributed by atoms with Crippen LogP contribution in [0.2, 0.25) is 0 Å². The standard InChI is InChI=1S/C13H21ClN2O2/c1-11(10-18-3)16(6-7-17-2)13-5-4-12(8-14)9-15-13/h4-5,9,11H,6-8,10H2,1-3H3. The monoisotopic (exact) mass is 272 g/mol. The summed E-state index contributed by atoms with van der Waals surface area (Å²) < 4.78 is 10.3. The first-order chi connectivity index (χ1) is 8.72. The smallest absolute Gasteiger partial charge is 0.128 e. The zero-order valence-corrected chi connectivity index (χ0v) is 12.0. The summed E-state index contributed by atoms with van der Waals surface area (Å²) in [6, 6.07) is 4.23. The van der Waals surface area contributed by atoms with Crippen molar-refractivity contribution in [3.8, 4) is 0 Å². The Balaban J connectivity index is 2.79. The van der Waals surface area contributed by atoms with Crippen molar-refractivity contribution in [3.05, 3.63) is 23.9 Å². The van der Waals surface area contributed by atoms with Gasteiger partial charge in [0.2, 0.25) is 0 Å². The van der Waals surface area contributed by atoms with Gasteiger partial charge in [-0.1, -0.05) is 6.07 Å². The summed E-state index contributed by atoms with van der Waals surface area (Å²) >= 11 is 5.76. The minimum Gasteiger partial charge on any atom is -0.383 e. The highest BCUT2D eigenvalue weighted by Gasteiger charge is 2.15. The van der Waals surface area contributed by atoms with Crippen LogP contribution in [0.25, 0.3) is 0 Å². The fourth-order valence-electron chi connectivity index (χ4n) is 1.75. The van der Waals surface area contributed by atoms with Crippen LogP contribution in [-0.4, -0.2) is 45.0 Å². The van der Waals surface area contributed by atoms with Gasteiger partial charge in [-0.25, -0.2) is 4.98 Å². The summed E-state index contributed by atoms with van der Waals surface area (Å²) in [5.41, 5.74) is 1.02. The topological polar surface area (TPSA) is 34.6 Å². The molecule has 0 bridgehead atoms. The van der Waals surface area contributed by atoms with Gasteiger partial charge in [-0.2, -0.15) is 0 Å². The molecular formula is C13H21ClN2O2. The van der Waals surface area contributed by atoms with Gasteiger partial charge in [-0.05, 0) is 18.6 Å². The van der Waals surface area contributed by atoms with Gasteiger partial charge in [0.05, 0.1) is 19.3 Å². The molecule has 4 nitrogen and oxygen atoms in total. The van der Waals surface area contributed by atoms with E-state index >= 15 is 0 Å². The first-order valence-electron chi connectivity index (χ1n) is 5.98. The largest absolute Gasteiger partial charge is 0.383 e. The third kappa shape index (κ3) is 4.44. The molecule has 0 aliphatic rings. The van der Waals surface area contributed by atoms with Gasteiger partial charge in [0.1, 0.15) is 5.82 Å². The van der Waals surface area contributed by atoms with Crippen LogP contribution in [-0.2, 0) is 15.4 Å². The van der Waals surface area contributed by atoms with Crippen molar-refractivity contribution in [1.29, 1.82) is 0 Å². The minimum atomic E-state index is 0.250. The number of rotatable bonds is 8. The molecule has 18 heavy (non-hydrogen) atoms. The number of hydrogen-bond acceptors (Lipinski definition) is 4. The number of methoxy groups -OCH3 is 2. The molecule has 0 fully saturated rings. The number of anilines is 1. The van der Waals surface area contributed by atoms with E-state index in [-0.39, 0.29) is 6.04 Å². The summed E-state index contributed by atoms with van der Waals surface area (Å²) in [5.74, 6) is 1.41. The van der Waals surface area contributed by atoms with Crippen molar-refractivity contribution in [2.24, 2.45) is 0 Å². The second kappa shape index (κ2) is 8.29. The van der Waals surface area contributed by atoms with Gasteiger partial charge < -0.3 is 14.4 Å². The van der Waals surface area contributed by atoms with Gasteiger partial charge >= 0.3 is 0 Å². The number of halogens is 1. The lowest BCUT2D eigenvalue weighted by atomic mass is 10.2. The van der Waals surface area contributed by atoms with Crippen LogP contribution in [0.1, 0.15) is 12.5 Å². The van der Waals surface area contributed by atoms with E-state index in [1.807, 2.05) is 18.3 Å². The Morgan fingerprint density at radius 3 is 2.61 bits per heavy atom. The van der Waals surface area contributed by atoms with Crippen molar-refractivity contribution in [2.45, 2.75) is 18.8 Å². The average molecular weight is 273 g/mol. The number of aromatic nitrogens is 1. The molecule has 1 aromatic heterocycles. The first kappa shape index (κ1) is 15.2. The van der Waals surface area contributed by atoms with Crippen LogP contribution >= 0.6 is 11.6 Å². The van der Waals surface area contributed by atoms with Crippen molar-refractivity contribution in [2.75, 3.05) is 38.9 Å². The average Bonchev–Trinajstić information content (AvgIpc) is 2.40. The predicted octanol–water partition coefficient (Wildman–Crippen LogP) is 2.31. The summed E-state index contributed by atoms with van der Waals surface area (Å²) in [7, 11) is 3.40. The molecule has 0 aromatic carbocycles. The van der Waals surface area contributed by atoms with E-state index in [1.165, 1.54) is 0 Å². The Hall–Kier alpha value is -0.840. The zero-order valence-electron chi connectivity index (χ0n) is 11.2. The first-order valence-corrected chi connectivity index (χ1v) is 6.51. The van der Waals surface area contributed by atoms with Crippen LogP contribution in [0.5, 0.6) is 0 Å². The molecular weight excluding hydrogens is 252 g/mol. The van der Waals surface area contributed by atoms with Crippen LogP contribution in [0.4, 0.5) is 5.82 Å². The maximum Gasteiger partial charge on any atom is 0.128 e. The van der Waals surface area contributed by atoms with Crippen molar-refractivity contribution >= 4 is 17.4 Å². The lowest BCUT2D eigenvalue weighted by molar-refractivity contribution is 0.170. The molecule has 0 spiro atoms. The highest BCUT2D eigenvalue weighted by atomic mass is 35.5. The number of pyridine rings is 1. The summed E-state index contributed by atoms with van der Waals surface area (Å²) in [4.78, 5) is 6.61. The molecule has 0 N–H and O–H groups in total. The normalized spacial score (nSPS) is 12.4. The molecule has 1 aromatic rings. The summed E-state index contributed by atoms with van der Waals surface area (Å²) in [6.07, 6.45) is 1.81. The lowest BCUT2D eigenvalue weighted by Gasteiger charge is -2.29. The lowest BCUT2D eigenvalue weighted by Crippen LogP contribution is -2.39. The number of nitrogens with zero attached hydrogens (tertiary/aromatic N) is 2. The molecule has 0 aliphatic carbocycles. The third-order valence-corrected chi connectivity index (χ3v) is 3.04. The highest BCUT2D eigenvalue weighted by molar-refractivity contribution is 6.17. The van der Waals surface area contributed by atoms with Crippen molar-refractivity contribution < 1.29 is 9.47 Å². The van der Waals surface area contributed by atoms with E-state index in [2.05, 4.69) is 16.8 Å². The van der Waals surface area contributed by atoms with Gasteiger partial charge in [0.15, 0.2) is 0 Å². The Bertz CT molecular complexity index is 332. The number of ether oxygens (including phenoxy) is 2. The van der Waals surface area contributed by atoms with E-state index in [4.69, 9.17) is 21.1 Å². The van der Waals surface area contributed by atoms with Crippen molar-refractivity contribution in [3.63, 3.8) is 0 Å². The van der Waals surface area contributed by atoms with Gasteiger partial charge in [-0.3, -0.25) is 0 Å². The fraction of sp³-hybridized carbons (Fsp3) is 0.615. The molecule has 1 rings (SSSR count). The Morgan fingerprint density at radius 1 is 1.33 bits per heavy atom. The number of alkyl halides is 1. The SMILES string of the molecule is COCCN(c1ccc(CCl)cn1)C(C)COC. The highest BCUT2D eigenvalue weighted by Crippen LogP contribution is 2.15. The van der Waals surface area contributed by atoms with Crippen LogP contribution in [0.3, 0.4) is 0 Å². The van der Waals surface area contributed by atoms with Gasteiger partial charge in [0, 0.05) is 32.8 Å². The molecule has 0 radical (unpaired) electrons.